The summed E-state index contributed by atoms with van der Waals surface area (Å²) in [4.78, 5) is 0. The fourth-order valence-corrected chi connectivity index (χ4v) is 2.31. The van der Waals surface area contributed by atoms with Crippen LogP contribution in [0, 0.1) is 11.8 Å². The largest absolute Gasteiger partial charge is 0.127 e. The first kappa shape index (κ1) is 18.1. The summed E-state index contributed by atoms with van der Waals surface area (Å²) < 4.78 is 0. The summed E-state index contributed by atoms with van der Waals surface area (Å²) in [6, 6.07) is 0. The Hall–Kier alpha value is 0.720. The van der Waals surface area contributed by atoms with Gasteiger partial charge in [-0.1, -0.05) is 56.0 Å². The average molecular weight is 252 g/mol. The molecule has 0 saturated heterocycles. The molecule has 0 rings (SSSR count). The summed E-state index contributed by atoms with van der Waals surface area (Å²) >= 11 is 5.38. The second-order valence-corrected chi connectivity index (χ2v) is 6.33. The van der Waals surface area contributed by atoms with Gasteiger partial charge in [0.2, 0.25) is 0 Å². The van der Waals surface area contributed by atoms with Crippen molar-refractivity contribution >= 4 is 20.2 Å². The molecular formula is C13H29ClP. The van der Waals surface area contributed by atoms with Gasteiger partial charge in [0.25, 0.3) is 0 Å². The van der Waals surface area contributed by atoms with Crippen LogP contribution in [0.25, 0.3) is 0 Å². The topological polar surface area (TPSA) is 0 Å². The van der Waals surface area contributed by atoms with Gasteiger partial charge in [-0.05, 0) is 30.6 Å². The molecular weight excluding hydrogens is 223 g/mol. The van der Waals surface area contributed by atoms with Crippen molar-refractivity contribution in [2.75, 3.05) is 18.2 Å². The lowest BCUT2D eigenvalue weighted by atomic mass is 10.3. The molecule has 0 unspecified atom stereocenters. The Labute approximate surface area is 104 Å². The third kappa shape index (κ3) is 25.2. The molecule has 0 aromatic rings. The maximum atomic E-state index is 5.38. The van der Waals surface area contributed by atoms with Crippen LogP contribution in [0.1, 0.15) is 53.9 Å². The van der Waals surface area contributed by atoms with Crippen molar-refractivity contribution in [3.63, 3.8) is 0 Å². The zero-order valence-electron chi connectivity index (χ0n) is 11.2. The fraction of sp³-hybridized carbons (Fsp3) is 1.00. The van der Waals surface area contributed by atoms with E-state index in [1.54, 1.807) is 8.58 Å². The Kier molecular flexibility index (Phi) is 17.8. The van der Waals surface area contributed by atoms with Gasteiger partial charge in [0, 0.05) is 5.88 Å². The lowest BCUT2D eigenvalue weighted by molar-refractivity contribution is 0.725. The van der Waals surface area contributed by atoms with Gasteiger partial charge >= 0.3 is 0 Å². The number of halogens is 1. The third-order valence-electron chi connectivity index (χ3n) is 1.73. The minimum Gasteiger partial charge on any atom is -0.127 e. The van der Waals surface area contributed by atoms with E-state index in [-0.39, 0.29) is 0 Å². The quantitative estimate of drug-likeness (QED) is 0.311. The molecule has 0 aliphatic heterocycles. The molecule has 15 heavy (non-hydrogen) atoms. The highest BCUT2D eigenvalue weighted by molar-refractivity contribution is 7.37. The van der Waals surface area contributed by atoms with Gasteiger partial charge in [0.05, 0.1) is 0 Å². The standard InChI is InChI=1S/C8H18P.C5H11Cl/c1-7(2)5-9-6-8(3)4;1-2-3-4-5-6/h7-8H,5-6H2,1-4H3;2-5H2,1H3. The SMILES string of the molecule is CC(C)C[P]CC(C)C.CCCCCCl. The van der Waals surface area contributed by atoms with Crippen LogP contribution in [0.5, 0.6) is 0 Å². The van der Waals surface area contributed by atoms with E-state index in [0.29, 0.717) is 0 Å². The monoisotopic (exact) mass is 251 g/mol. The van der Waals surface area contributed by atoms with Crippen LogP contribution in [-0.4, -0.2) is 18.2 Å². The van der Waals surface area contributed by atoms with E-state index in [1.807, 2.05) is 0 Å². The summed E-state index contributed by atoms with van der Waals surface area (Å²) in [5.41, 5.74) is 0. The third-order valence-corrected chi connectivity index (χ3v) is 3.97. The molecule has 0 aromatic carbocycles. The second-order valence-electron chi connectivity index (χ2n) is 4.77. The van der Waals surface area contributed by atoms with Crippen LogP contribution in [0.15, 0.2) is 0 Å². The first-order valence-electron chi connectivity index (χ1n) is 6.23. The highest BCUT2D eigenvalue weighted by Crippen LogP contribution is 2.17. The number of rotatable bonds is 7. The number of alkyl halides is 1. The highest BCUT2D eigenvalue weighted by atomic mass is 35.5. The molecule has 0 spiro atoms. The summed E-state index contributed by atoms with van der Waals surface area (Å²) in [7, 11) is 1.63. The Morgan fingerprint density at radius 2 is 1.40 bits per heavy atom. The molecule has 93 valence electrons. The molecule has 0 fully saturated rings. The first-order valence-corrected chi connectivity index (χ1v) is 8.03. The first-order chi connectivity index (χ1) is 7.04. The van der Waals surface area contributed by atoms with Crippen LogP contribution in [0.4, 0.5) is 0 Å². The minimum absolute atomic E-state index is 0.827. The van der Waals surface area contributed by atoms with Crippen molar-refractivity contribution in [1.29, 1.82) is 0 Å². The zero-order valence-corrected chi connectivity index (χ0v) is 12.9. The van der Waals surface area contributed by atoms with E-state index in [1.165, 1.54) is 31.6 Å². The van der Waals surface area contributed by atoms with E-state index in [0.717, 1.165) is 17.7 Å². The van der Waals surface area contributed by atoms with E-state index in [4.69, 9.17) is 11.6 Å². The maximum absolute atomic E-state index is 5.38. The second kappa shape index (κ2) is 14.7. The average Bonchev–Trinajstić information content (AvgIpc) is 2.14. The van der Waals surface area contributed by atoms with Gasteiger partial charge in [-0.15, -0.1) is 11.6 Å². The summed E-state index contributed by atoms with van der Waals surface area (Å²) in [6.45, 7) is 11.3. The number of hydrogen-bond donors (Lipinski definition) is 0. The van der Waals surface area contributed by atoms with Crippen molar-refractivity contribution in [1.82, 2.24) is 0 Å². The predicted octanol–water partition coefficient (Wildman–Crippen LogP) is 5.66. The zero-order chi connectivity index (χ0) is 12.1. The van der Waals surface area contributed by atoms with Crippen LogP contribution < -0.4 is 0 Å². The molecule has 1 radical (unpaired) electrons. The van der Waals surface area contributed by atoms with Crippen molar-refractivity contribution in [3.8, 4) is 0 Å². The lowest BCUT2D eigenvalue weighted by Gasteiger charge is -2.05. The van der Waals surface area contributed by atoms with Gasteiger partial charge in [-0.25, -0.2) is 0 Å². The molecule has 0 saturated carbocycles. The summed E-state index contributed by atoms with van der Waals surface area (Å²) in [5.74, 6) is 2.59. The number of hydrogen-bond acceptors (Lipinski definition) is 0. The fourth-order valence-electron chi connectivity index (χ4n) is 0.935. The van der Waals surface area contributed by atoms with Crippen molar-refractivity contribution < 1.29 is 0 Å². The van der Waals surface area contributed by atoms with Crippen molar-refractivity contribution in [3.05, 3.63) is 0 Å². The van der Waals surface area contributed by atoms with Gasteiger partial charge in [0.1, 0.15) is 0 Å². The molecule has 0 nitrogen and oxygen atoms in total. The summed E-state index contributed by atoms with van der Waals surface area (Å²) in [6.07, 6.45) is 6.48. The molecule has 0 aromatic heterocycles. The predicted molar refractivity (Wildman–Crippen MR) is 76.6 cm³/mol. The van der Waals surface area contributed by atoms with Crippen LogP contribution in [0.2, 0.25) is 0 Å². The molecule has 0 heterocycles. The van der Waals surface area contributed by atoms with E-state index >= 15 is 0 Å². The molecule has 0 N–H and O–H groups in total. The summed E-state index contributed by atoms with van der Waals surface area (Å²) in [5, 5.41) is 0. The number of unbranched alkanes of at least 4 members (excludes halogenated alkanes) is 2. The van der Waals surface area contributed by atoms with Gasteiger partial charge in [-0.3, -0.25) is 0 Å². The van der Waals surface area contributed by atoms with Crippen LogP contribution in [-0.2, 0) is 0 Å². The lowest BCUT2D eigenvalue weighted by Crippen LogP contribution is -1.94. The van der Waals surface area contributed by atoms with Crippen molar-refractivity contribution in [2.24, 2.45) is 11.8 Å². The van der Waals surface area contributed by atoms with E-state index < -0.39 is 0 Å². The van der Waals surface area contributed by atoms with Crippen molar-refractivity contribution in [2.45, 2.75) is 53.9 Å². The Morgan fingerprint density at radius 3 is 1.60 bits per heavy atom. The molecule has 0 aliphatic rings. The smallest absolute Gasteiger partial charge is 0.0223 e. The van der Waals surface area contributed by atoms with Gasteiger partial charge in [0.15, 0.2) is 0 Å². The normalized spacial score (nSPS) is 10.4. The Morgan fingerprint density at radius 1 is 0.933 bits per heavy atom. The van der Waals surface area contributed by atoms with Gasteiger partial charge in [-0.2, -0.15) is 0 Å². The molecule has 0 aliphatic carbocycles. The van der Waals surface area contributed by atoms with E-state index in [2.05, 4.69) is 34.6 Å². The van der Waals surface area contributed by atoms with Crippen LogP contribution >= 0.6 is 20.2 Å². The molecule has 0 amide bonds. The Balaban J connectivity index is 0. The van der Waals surface area contributed by atoms with E-state index in [9.17, 15) is 0 Å². The highest BCUT2D eigenvalue weighted by Gasteiger charge is 1.96. The molecule has 0 atom stereocenters. The Bertz CT molecular complexity index is 90.7. The van der Waals surface area contributed by atoms with Crippen LogP contribution in [0.3, 0.4) is 0 Å². The maximum Gasteiger partial charge on any atom is 0.0223 e. The van der Waals surface area contributed by atoms with Gasteiger partial charge < -0.3 is 0 Å². The molecule has 2 heteroatoms. The minimum atomic E-state index is 0.827. The molecule has 0 bridgehead atoms.